The van der Waals surface area contributed by atoms with Crippen molar-refractivity contribution in [3.05, 3.63) is 35.1 Å². The third-order valence-electron chi connectivity index (χ3n) is 3.22. The van der Waals surface area contributed by atoms with E-state index in [4.69, 9.17) is 18.9 Å². The standard InChI is InChI=1S/C13H21NO4.C10H16O4/c1-6-17-12(15)11(13(16)18-7-2)8-10(3)9-14(4)5;1-4-7-8(9(11)13-5-2)10(12)14-6-3/h8-9H,6-7H2,1-5H3;7H,4-6H2,1-3H3/b10-9+;. The zero-order chi connectivity index (χ0) is 25.1. The molecular formula is C23H37NO8. The van der Waals surface area contributed by atoms with Crippen LogP contribution in [0.15, 0.2) is 35.1 Å². The van der Waals surface area contributed by atoms with Crippen molar-refractivity contribution in [1.29, 1.82) is 0 Å². The smallest absolute Gasteiger partial charge is 0.345 e. The van der Waals surface area contributed by atoms with E-state index in [1.165, 1.54) is 12.2 Å². The van der Waals surface area contributed by atoms with Gasteiger partial charge in [0, 0.05) is 20.3 Å². The molecule has 0 aromatic carbocycles. The van der Waals surface area contributed by atoms with Gasteiger partial charge in [0.2, 0.25) is 0 Å². The number of carbonyl (C=O) groups is 4. The Kier molecular flexibility index (Phi) is 18.1. The van der Waals surface area contributed by atoms with Crippen molar-refractivity contribution in [3.63, 3.8) is 0 Å². The Hall–Kier alpha value is -3.10. The van der Waals surface area contributed by atoms with E-state index in [1.54, 1.807) is 40.8 Å². The normalized spacial score (nSPS) is 9.94. The SMILES string of the molecule is CCC=C(C(=O)OCC)C(=O)OCC.CCOC(=O)C(=C/C(C)=C/N(C)C)C(=O)OCC. The van der Waals surface area contributed by atoms with Gasteiger partial charge in [0.1, 0.15) is 11.1 Å². The maximum Gasteiger partial charge on any atom is 0.345 e. The number of ether oxygens (including phenoxy) is 4. The Morgan fingerprint density at radius 2 is 1.00 bits per heavy atom. The van der Waals surface area contributed by atoms with E-state index in [0.29, 0.717) is 6.42 Å². The first-order valence-electron chi connectivity index (χ1n) is 10.5. The minimum atomic E-state index is -0.664. The highest BCUT2D eigenvalue weighted by Gasteiger charge is 2.21. The van der Waals surface area contributed by atoms with Crippen molar-refractivity contribution in [2.24, 2.45) is 0 Å². The molecule has 0 amide bonds. The molecule has 0 bridgehead atoms. The molecule has 0 heterocycles. The first kappa shape index (κ1) is 31.1. The van der Waals surface area contributed by atoms with Gasteiger partial charge in [-0.2, -0.15) is 0 Å². The molecule has 0 spiro atoms. The number of rotatable bonds is 11. The van der Waals surface area contributed by atoms with E-state index in [-0.39, 0.29) is 37.6 Å². The monoisotopic (exact) mass is 455 g/mol. The minimum Gasteiger partial charge on any atom is -0.462 e. The van der Waals surface area contributed by atoms with Gasteiger partial charge in [0.15, 0.2) is 0 Å². The van der Waals surface area contributed by atoms with E-state index in [9.17, 15) is 19.2 Å². The van der Waals surface area contributed by atoms with Crippen molar-refractivity contribution in [2.45, 2.75) is 48.0 Å². The summed E-state index contributed by atoms with van der Waals surface area (Å²) in [6, 6.07) is 0. The molecule has 0 aromatic rings. The van der Waals surface area contributed by atoms with E-state index in [1.807, 2.05) is 25.9 Å². The molecule has 0 rings (SSSR count). The molecule has 0 saturated heterocycles. The second-order valence-corrected chi connectivity index (χ2v) is 6.30. The van der Waals surface area contributed by atoms with Crippen molar-refractivity contribution < 1.29 is 38.1 Å². The van der Waals surface area contributed by atoms with Gasteiger partial charge in [0.05, 0.1) is 26.4 Å². The number of nitrogens with zero attached hydrogens (tertiary/aromatic N) is 1. The Balaban J connectivity index is 0. The van der Waals surface area contributed by atoms with Crippen molar-refractivity contribution in [2.75, 3.05) is 40.5 Å². The van der Waals surface area contributed by atoms with Crippen LogP contribution in [0.1, 0.15) is 48.0 Å². The first-order chi connectivity index (χ1) is 15.1. The van der Waals surface area contributed by atoms with E-state index >= 15 is 0 Å². The predicted molar refractivity (Wildman–Crippen MR) is 120 cm³/mol. The van der Waals surface area contributed by atoms with Crippen LogP contribution < -0.4 is 0 Å². The summed E-state index contributed by atoms with van der Waals surface area (Å²) >= 11 is 0. The third kappa shape index (κ3) is 14.0. The quantitative estimate of drug-likeness (QED) is 0.116. The fraction of sp³-hybridized carbons (Fsp3) is 0.565. The van der Waals surface area contributed by atoms with Crippen molar-refractivity contribution in [3.8, 4) is 0 Å². The van der Waals surface area contributed by atoms with E-state index < -0.39 is 23.9 Å². The minimum absolute atomic E-state index is 0.0174. The molecule has 0 N–H and O–H groups in total. The number of carbonyl (C=O) groups excluding carboxylic acids is 4. The Labute approximate surface area is 191 Å². The molecule has 0 aliphatic rings. The van der Waals surface area contributed by atoms with Crippen LogP contribution in [-0.2, 0) is 38.1 Å². The first-order valence-corrected chi connectivity index (χ1v) is 10.5. The zero-order valence-corrected chi connectivity index (χ0v) is 20.5. The lowest BCUT2D eigenvalue weighted by Crippen LogP contribution is -2.18. The van der Waals surface area contributed by atoms with Gasteiger partial charge in [-0.15, -0.1) is 0 Å². The summed E-state index contributed by atoms with van der Waals surface area (Å²) in [7, 11) is 3.71. The zero-order valence-electron chi connectivity index (χ0n) is 20.5. The lowest BCUT2D eigenvalue weighted by molar-refractivity contribution is -0.148. The third-order valence-corrected chi connectivity index (χ3v) is 3.22. The molecule has 0 aromatic heterocycles. The molecule has 32 heavy (non-hydrogen) atoms. The summed E-state index contributed by atoms with van der Waals surface area (Å²) in [5.74, 6) is -2.56. The molecule has 182 valence electrons. The summed E-state index contributed by atoms with van der Waals surface area (Å²) in [4.78, 5) is 47.6. The summed E-state index contributed by atoms with van der Waals surface area (Å²) in [5, 5.41) is 0. The lowest BCUT2D eigenvalue weighted by atomic mass is 10.2. The number of hydrogen-bond donors (Lipinski definition) is 0. The molecule has 0 aliphatic heterocycles. The molecule has 0 aliphatic carbocycles. The second kappa shape index (κ2) is 18.7. The summed E-state index contributed by atoms with van der Waals surface area (Å²) in [5.41, 5.74) is 0.654. The van der Waals surface area contributed by atoms with Crippen LogP contribution in [0.2, 0.25) is 0 Å². The molecular weight excluding hydrogens is 418 g/mol. The Morgan fingerprint density at radius 3 is 1.28 bits per heavy atom. The van der Waals surface area contributed by atoms with Gasteiger partial charge in [-0.1, -0.05) is 13.0 Å². The predicted octanol–water partition coefficient (Wildman–Crippen LogP) is 2.95. The van der Waals surface area contributed by atoms with Gasteiger partial charge < -0.3 is 23.8 Å². The van der Waals surface area contributed by atoms with Crippen LogP contribution >= 0.6 is 0 Å². The Bertz CT molecular complexity index is 665. The summed E-state index contributed by atoms with van der Waals surface area (Å²) in [6.07, 6.45) is 5.36. The largest absolute Gasteiger partial charge is 0.462 e. The van der Waals surface area contributed by atoms with Crippen LogP contribution in [0.4, 0.5) is 0 Å². The summed E-state index contributed by atoms with van der Waals surface area (Å²) in [6.45, 7) is 11.3. The summed E-state index contributed by atoms with van der Waals surface area (Å²) < 4.78 is 19.1. The molecule has 0 unspecified atom stereocenters. The number of esters is 4. The number of allylic oxidation sites excluding steroid dienone is 3. The lowest BCUT2D eigenvalue weighted by Gasteiger charge is -2.08. The highest BCUT2D eigenvalue weighted by atomic mass is 16.6. The van der Waals surface area contributed by atoms with E-state index in [2.05, 4.69) is 0 Å². The molecule has 0 saturated carbocycles. The molecule has 0 radical (unpaired) electrons. The van der Waals surface area contributed by atoms with Crippen LogP contribution in [0.3, 0.4) is 0 Å². The molecule has 9 heteroatoms. The van der Waals surface area contributed by atoms with Gasteiger partial charge >= 0.3 is 23.9 Å². The fourth-order valence-electron chi connectivity index (χ4n) is 2.16. The molecule has 0 atom stereocenters. The van der Waals surface area contributed by atoms with Gasteiger partial charge in [-0.3, -0.25) is 0 Å². The maximum absolute atomic E-state index is 11.6. The van der Waals surface area contributed by atoms with Gasteiger partial charge in [0.25, 0.3) is 0 Å². The van der Waals surface area contributed by atoms with Gasteiger partial charge in [-0.05, 0) is 52.7 Å². The van der Waals surface area contributed by atoms with E-state index in [0.717, 1.165) is 5.57 Å². The topological polar surface area (TPSA) is 108 Å². The van der Waals surface area contributed by atoms with Crippen molar-refractivity contribution in [1.82, 2.24) is 4.90 Å². The highest BCUT2D eigenvalue weighted by Crippen LogP contribution is 2.08. The highest BCUT2D eigenvalue weighted by molar-refractivity contribution is 6.14. The van der Waals surface area contributed by atoms with Crippen LogP contribution in [0, 0.1) is 0 Å². The molecule has 9 nitrogen and oxygen atoms in total. The van der Waals surface area contributed by atoms with Crippen molar-refractivity contribution >= 4 is 23.9 Å². The van der Waals surface area contributed by atoms with Gasteiger partial charge in [-0.25, -0.2) is 19.2 Å². The molecule has 0 fully saturated rings. The second-order valence-electron chi connectivity index (χ2n) is 6.30. The van der Waals surface area contributed by atoms with Crippen LogP contribution in [-0.4, -0.2) is 69.3 Å². The Morgan fingerprint density at radius 1 is 0.656 bits per heavy atom. The van der Waals surface area contributed by atoms with Crippen LogP contribution in [0.5, 0.6) is 0 Å². The van der Waals surface area contributed by atoms with Crippen LogP contribution in [0.25, 0.3) is 0 Å². The number of hydrogen-bond acceptors (Lipinski definition) is 9. The average Bonchev–Trinajstić information content (AvgIpc) is 2.70. The fourth-order valence-corrected chi connectivity index (χ4v) is 2.16. The maximum atomic E-state index is 11.6. The average molecular weight is 456 g/mol.